The van der Waals surface area contributed by atoms with Gasteiger partial charge in [-0.15, -0.1) is 0 Å². The first-order valence-electron chi connectivity index (χ1n) is 6.87. The molecular formula is C13H19BrN6S. The average Bonchev–Trinajstić information content (AvgIpc) is 3.09. The topological polar surface area (TPSA) is 59.7 Å². The van der Waals surface area contributed by atoms with Crippen LogP contribution >= 0.6 is 28.1 Å². The van der Waals surface area contributed by atoms with Crippen molar-refractivity contribution < 1.29 is 0 Å². The van der Waals surface area contributed by atoms with Crippen molar-refractivity contribution in [3.8, 4) is 0 Å². The highest BCUT2D eigenvalue weighted by atomic mass is 79.9. The lowest BCUT2D eigenvalue weighted by Crippen LogP contribution is -2.34. The highest BCUT2D eigenvalue weighted by Crippen LogP contribution is 2.14. The Kier molecular flexibility index (Phi) is 5.75. The number of halogens is 1. The van der Waals surface area contributed by atoms with Crippen LogP contribution in [0.5, 0.6) is 0 Å². The molecule has 0 spiro atoms. The lowest BCUT2D eigenvalue weighted by Gasteiger charge is -2.08. The van der Waals surface area contributed by atoms with Gasteiger partial charge in [-0.3, -0.25) is 9.36 Å². The quantitative estimate of drug-likeness (QED) is 0.762. The molecule has 0 radical (unpaired) electrons. The molecule has 0 saturated heterocycles. The first-order valence-corrected chi connectivity index (χ1v) is 8.07. The summed E-state index contributed by atoms with van der Waals surface area (Å²) in [4.78, 5) is 0. The van der Waals surface area contributed by atoms with E-state index in [2.05, 4.69) is 50.6 Å². The van der Waals surface area contributed by atoms with Crippen LogP contribution in [0.4, 0.5) is 0 Å². The number of hydrogen-bond acceptors (Lipinski definition) is 3. The Morgan fingerprint density at radius 1 is 1.19 bits per heavy atom. The van der Waals surface area contributed by atoms with Gasteiger partial charge in [0, 0.05) is 37.6 Å². The van der Waals surface area contributed by atoms with Crippen molar-refractivity contribution >= 4 is 33.3 Å². The largest absolute Gasteiger partial charge is 0.359 e. The van der Waals surface area contributed by atoms with Crippen LogP contribution in [0, 0.1) is 0 Å². The number of thiocarbonyl (C=S) groups is 1. The summed E-state index contributed by atoms with van der Waals surface area (Å²) in [6, 6.07) is 0. The Hall–Kier alpha value is -1.41. The molecule has 0 aliphatic carbocycles. The van der Waals surface area contributed by atoms with Crippen molar-refractivity contribution in [2.75, 3.05) is 0 Å². The molecule has 114 valence electrons. The molecule has 2 aromatic heterocycles. The summed E-state index contributed by atoms with van der Waals surface area (Å²) in [5, 5.41) is 15.6. The first-order chi connectivity index (χ1) is 10.1. The van der Waals surface area contributed by atoms with E-state index in [1.165, 1.54) is 0 Å². The van der Waals surface area contributed by atoms with Crippen molar-refractivity contribution in [3.05, 3.63) is 34.3 Å². The van der Waals surface area contributed by atoms with Crippen LogP contribution in [0.15, 0.2) is 23.1 Å². The molecule has 2 rings (SSSR count). The van der Waals surface area contributed by atoms with Gasteiger partial charge in [-0.25, -0.2) is 0 Å². The van der Waals surface area contributed by atoms with Crippen LogP contribution in [0.1, 0.15) is 25.1 Å². The Labute approximate surface area is 138 Å². The third-order valence-electron chi connectivity index (χ3n) is 2.99. The lowest BCUT2D eigenvalue weighted by atomic mass is 10.3. The second kappa shape index (κ2) is 7.56. The molecule has 21 heavy (non-hydrogen) atoms. The van der Waals surface area contributed by atoms with Gasteiger partial charge in [-0.05, 0) is 42.0 Å². The molecule has 0 atom stereocenters. The van der Waals surface area contributed by atoms with Crippen LogP contribution in [-0.2, 0) is 26.2 Å². The molecule has 8 heteroatoms. The van der Waals surface area contributed by atoms with Gasteiger partial charge < -0.3 is 10.6 Å². The highest BCUT2D eigenvalue weighted by Gasteiger charge is 2.06. The fourth-order valence-electron chi connectivity index (χ4n) is 1.80. The van der Waals surface area contributed by atoms with Crippen molar-refractivity contribution in [2.45, 2.75) is 40.0 Å². The summed E-state index contributed by atoms with van der Waals surface area (Å²) in [6.07, 6.45) is 5.82. The predicted molar refractivity (Wildman–Crippen MR) is 89.8 cm³/mol. The fourth-order valence-corrected chi connectivity index (χ4v) is 2.40. The maximum Gasteiger partial charge on any atom is 0.166 e. The predicted octanol–water partition coefficient (Wildman–Crippen LogP) is 2.05. The van der Waals surface area contributed by atoms with Gasteiger partial charge in [0.2, 0.25) is 0 Å². The van der Waals surface area contributed by atoms with Gasteiger partial charge in [0.1, 0.15) is 0 Å². The molecule has 6 nitrogen and oxygen atoms in total. The van der Waals surface area contributed by atoms with E-state index in [0.29, 0.717) is 18.2 Å². The minimum atomic E-state index is 0.591. The zero-order valence-corrected chi connectivity index (χ0v) is 14.5. The lowest BCUT2D eigenvalue weighted by molar-refractivity contribution is 0.642. The van der Waals surface area contributed by atoms with Gasteiger partial charge >= 0.3 is 0 Å². The number of nitrogens with one attached hydrogen (secondary N) is 2. The zero-order chi connectivity index (χ0) is 15.2. The minimum absolute atomic E-state index is 0.591. The molecular weight excluding hydrogens is 352 g/mol. The van der Waals surface area contributed by atoms with Crippen LogP contribution < -0.4 is 10.6 Å². The molecule has 2 aromatic rings. The monoisotopic (exact) mass is 370 g/mol. The maximum absolute atomic E-state index is 5.27. The second-order valence-electron chi connectivity index (χ2n) is 4.52. The van der Waals surface area contributed by atoms with Gasteiger partial charge in [-0.2, -0.15) is 10.2 Å². The molecule has 0 unspecified atom stereocenters. The van der Waals surface area contributed by atoms with Gasteiger partial charge in [0.05, 0.1) is 22.9 Å². The van der Waals surface area contributed by atoms with Crippen molar-refractivity contribution in [1.29, 1.82) is 0 Å². The van der Waals surface area contributed by atoms with E-state index >= 15 is 0 Å². The molecule has 0 amide bonds. The Bertz CT molecular complexity index is 606. The standard InChI is InChI=1S/C13H19BrN6S/c1-3-19-8-10(6-17-19)5-15-13(21)16-7-12-11(14)9-20(4-2)18-12/h6,8-9H,3-5,7H2,1-2H3,(H2,15,16,21). The Morgan fingerprint density at radius 3 is 2.52 bits per heavy atom. The molecule has 2 N–H and O–H groups in total. The smallest absolute Gasteiger partial charge is 0.166 e. The molecule has 0 aliphatic rings. The highest BCUT2D eigenvalue weighted by molar-refractivity contribution is 9.10. The molecule has 0 bridgehead atoms. The van der Waals surface area contributed by atoms with Crippen molar-refractivity contribution in [1.82, 2.24) is 30.2 Å². The van der Waals surface area contributed by atoms with Crippen LogP contribution in [0.3, 0.4) is 0 Å². The van der Waals surface area contributed by atoms with E-state index in [0.717, 1.165) is 28.8 Å². The van der Waals surface area contributed by atoms with E-state index in [-0.39, 0.29) is 0 Å². The summed E-state index contributed by atoms with van der Waals surface area (Å²) in [5.74, 6) is 0. The summed E-state index contributed by atoms with van der Waals surface area (Å²) < 4.78 is 4.77. The molecule has 0 saturated carbocycles. The van der Waals surface area contributed by atoms with E-state index in [1.54, 1.807) is 0 Å². The third kappa shape index (κ3) is 4.53. The van der Waals surface area contributed by atoms with Crippen molar-refractivity contribution in [2.24, 2.45) is 0 Å². The Morgan fingerprint density at radius 2 is 1.90 bits per heavy atom. The number of hydrogen-bond donors (Lipinski definition) is 2. The number of aryl methyl sites for hydroxylation is 2. The van der Waals surface area contributed by atoms with E-state index < -0.39 is 0 Å². The summed E-state index contributed by atoms with van der Waals surface area (Å²) >= 11 is 8.76. The van der Waals surface area contributed by atoms with Gasteiger partial charge in [0.25, 0.3) is 0 Å². The van der Waals surface area contributed by atoms with Gasteiger partial charge in [-0.1, -0.05) is 0 Å². The number of nitrogens with zero attached hydrogens (tertiary/aromatic N) is 4. The SMILES string of the molecule is CCn1cc(CNC(=S)NCc2nn(CC)cc2Br)cn1. The van der Waals surface area contributed by atoms with Crippen LogP contribution in [0.2, 0.25) is 0 Å². The van der Waals surface area contributed by atoms with E-state index in [1.807, 2.05) is 28.0 Å². The third-order valence-corrected chi connectivity index (χ3v) is 3.94. The van der Waals surface area contributed by atoms with Crippen LogP contribution in [0.25, 0.3) is 0 Å². The normalized spacial score (nSPS) is 10.6. The summed E-state index contributed by atoms with van der Waals surface area (Å²) in [6.45, 7) is 7.09. The summed E-state index contributed by atoms with van der Waals surface area (Å²) in [7, 11) is 0. The van der Waals surface area contributed by atoms with Crippen LogP contribution in [-0.4, -0.2) is 24.7 Å². The Balaban J connectivity index is 1.77. The zero-order valence-electron chi connectivity index (χ0n) is 12.1. The number of rotatable bonds is 6. The molecule has 0 aliphatic heterocycles. The second-order valence-corrected chi connectivity index (χ2v) is 5.78. The van der Waals surface area contributed by atoms with E-state index in [9.17, 15) is 0 Å². The minimum Gasteiger partial charge on any atom is -0.359 e. The summed E-state index contributed by atoms with van der Waals surface area (Å²) in [5.41, 5.74) is 2.05. The van der Waals surface area contributed by atoms with Gasteiger partial charge in [0.15, 0.2) is 5.11 Å². The van der Waals surface area contributed by atoms with E-state index in [4.69, 9.17) is 12.2 Å². The number of aromatic nitrogens is 4. The fraction of sp³-hybridized carbons (Fsp3) is 0.462. The molecule has 0 aromatic carbocycles. The average molecular weight is 371 g/mol. The molecule has 0 fully saturated rings. The van der Waals surface area contributed by atoms with Crippen molar-refractivity contribution in [3.63, 3.8) is 0 Å². The first kappa shape index (κ1) is 16.0. The maximum atomic E-state index is 5.27. The molecule has 2 heterocycles.